The lowest BCUT2D eigenvalue weighted by molar-refractivity contribution is -0.137. The lowest BCUT2D eigenvalue weighted by Crippen LogP contribution is -2.38. The molecule has 0 heterocycles. The zero-order valence-corrected chi connectivity index (χ0v) is 11.7. The second-order valence-electron chi connectivity index (χ2n) is 4.25. The molecule has 1 amide bonds. The smallest absolute Gasteiger partial charge is 0.323 e. The van der Waals surface area contributed by atoms with Crippen molar-refractivity contribution in [2.45, 2.75) is 6.61 Å². The molecule has 0 aromatic heterocycles. The van der Waals surface area contributed by atoms with Crippen LogP contribution in [0.25, 0.3) is 0 Å². The maximum atomic E-state index is 12.3. The number of carbonyl (C=O) groups is 2. The molecule has 0 saturated carbocycles. The summed E-state index contributed by atoms with van der Waals surface area (Å²) in [5.41, 5.74) is 1.30. The molecular formula is C14H19NO5. The van der Waals surface area contributed by atoms with Crippen molar-refractivity contribution < 1.29 is 24.2 Å². The Morgan fingerprint density at radius 3 is 2.60 bits per heavy atom. The molecule has 1 N–H and O–H groups in total. The van der Waals surface area contributed by atoms with E-state index in [-0.39, 0.29) is 25.6 Å². The number of rotatable bonds is 8. The molecule has 0 saturated heterocycles. The Kier molecular flexibility index (Phi) is 6.69. The molecule has 0 bridgehead atoms. The summed E-state index contributed by atoms with van der Waals surface area (Å²) < 4.78 is 9.91. The van der Waals surface area contributed by atoms with E-state index in [1.54, 1.807) is 25.3 Å². The highest BCUT2D eigenvalue weighted by Gasteiger charge is 2.18. The Labute approximate surface area is 117 Å². The summed E-state index contributed by atoms with van der Waals surface area (Å²) in [7, 11) is 3.08. The van der Waals surface area contributed by atoms with Gasteiger partial charge in [0, 0.05) is 26.3 Å². The van der Waals surface area contributed by atoms with E-state index in [4.69, 9.17) is 14.6 Å². The van der Waals surface area contributed by atoms with Gasteiger partial charge in [0.25, 0.3) is 5.91 Å². The highest BCUT2D eigenvalue weighted by atomic mass is 16.5. The summed E-state index contributed by atoms with van der Waals surface area (Å²) in [5, 5.41) is 8.86. The lowest BCUT2D eigenvalue weighted by atomic mass is 10.1. The molecule has 1 rings (SSSR count). The van der Waals surface area contributed by atoms with Gasteiger partial charge in [-0.2, -0.15) is 0 Å². The highest BCUT2D eigenvalue weighted by molar-refractivity contribution is 5.96. The van der Waals surface area contributed by atoms with E-state index < -0.39 is 5.97 Å². The second kappa shape index (κ2) is 8.29. The summed E-state index contributed by atoms with van der Waals surface area (Å²) in [4.78, 5) is 24.4. The molecule has 0 spiro atoms. The predicted molar refractivity (Wildman–Crippen MR) is 72.6 cm³/mol. The van der Waals surface area contributed by atoms with Crippen LogP contribution >= 0.6 is 0 Å². The molecule has 6 nitrogen and oxygen atoms in total. The third kappa shape index (κ3) is 4.99. The SMILES string of the molecule is COCCN(CC(=O)O)C(=O)c1cccc(COC)c1. The number of hydrogen-bond acceptors (Lipinski definition) is 4. The molecule has 20 heavy (non-hydrogen) atoms. The van der Waals surface area contributed by atoms with Crippen LogP contribution in [0.5, 0.6) is 0 Å². The third-order valence-electron chi connectivity index (χ3n) is 2.66. The topological polar surface area (TPSA) is 76.1 Å². The highest BCUT2D eigenvalue weighted by Crippen LogP contribution is 2.09. The van der Waals surface area contributed by atoms with Crippen LogP contribution in [0.4, 0.5) is 0 Å². The van der Waals surface area contributed by atoms with Crippen LogP contribution in [0.2, 0.25) is 0 Å². The van der Waals surface area contributed by atoms with Crippen molar-refractivity contribution in [1.29, 1.82) is 0 Å². The Morgan fingerprint density at radius 1 is 1.25 bits per heavy atom. The van der Waals surface area contributed by atoms with Crippen molar-refractivity contribution in [2.24, 2.45) is 0 Å². The van der Waals surface area contributed by atoms with Crippen LogP contribution in [0.1, 0.15) is 15.9 Å². The average Bonchev–Trinajstić information content (AvgIpc) is 2.43. The number of nitrogens with zero attached hydrogens (tertiary/aromatic N) is 1. The summed E-state index contributed by atoms with van der Waals surface area (Å²) in [5.74, 6) is -1.38. The van der Waals surface area contributed by atoms with E-state index in [0.717, 1.165) is 5.56 Å². The first-order valence-electron chi connectivity index (χ1n) is 6.16. The number of aliphatic carboxylic acids is 1. The van der Waals surface area contributed by atoms with Crippen molar-refractivity contribution >= 4 is 11.9 Å². The maximum Gasteiger partial charge on any atom is 0.323 e. The van der Waals surface area contributed by atoms with E-state index in [0.29, 0.717) is 12.2 Å². The molecule has 0 aliphatic heterocycles. The van der Waals surface area contributed by atoms with Crippen LogP contribution in [-0.4, -0.2) is 55.8 Å². The van der Waals surface area contributed by atoms with Crippen molar-refractivity contribution in [3.8, 4) is 0 Å². The first-order valence-corrected chi connectivity index (χ1v) is 6.16. The zero-order valence-electron chi connectivity index (χ0n) is 11.7. The standard InChI is InChI=1S/C14H19NO5/c1-19-7-6-15(9-13(16)17)14(18)12-5-3-4-11(8-12)10-20-2/h3-5,8H,6-7,9-10H2,1-2H3,(H,16,17). The van der Waals surface area contributed by atoms with Crippen molar-refractivity contribution in [3.05, 3.63) is 35.4 Å². The van der Waals surface area contributed by atoms with Gasteiger partial charge in [-0.05, 0) is 17.7 Å². The quantitative estimate of drug-likeness (QED) is 0.769. The Bertz CT molecular complexity index is 461. The first kappa shape index (κ1) is 16.1. The number of methoxy groups -OCH3 is 2. The number of hydrogen-bond donors (Lipinski definition) is 1. The van der Waals surface area contributed by atoms with Crippen LogP contribution in [0.3, 0.4) is 0 Å². The van der Waals surface area contributed by atoms with E-state index in [9.17, 15) is 9.59 Å². The van der Waals surface area contributed by atoms with Gasteiger partial charge in [-0.3, -0.25) is 9.59 Å². The van der Waals surface area contributed by atoms with Gasteiger partial charge in [0.1, 0.15) is 6.54 Å². The number of amides is 1. The Hall–Kier alpha value is -1.92. The van der Waals surface area contributed by atoms with E-state index in [1.165, 1.54) is 12.0 Å². The summed E-state index contributed by atoms with van der Waals surface area (Å²) >= 11 is 0. The zero-order chi connectivity index (χ0) is 15.0. The summed E-state index contributed by atoms with van der Waals surface area (Å²) in [6, 6.07) is 6.95. The number of carboxylic acids is 1. The molecule has 0 radical (unpaired) electrons. The average molecular weight is 281 g/mol. The number of carbonyl (C=O) groups excluding carboxylic acids is 1. The molecule has 6 heteroatoms. The van der Waals surface area contributed by atoms with E-state index in [1.807, 2.05) is 6.07 Å². The number of ether oxygens (including phenoxy) is 2. The number of carboxylic acid groups (broad SMARTS) is 1. The molecule has 0 aliphatic carbocycles. The fourth-order valence-electron chi connectivity index (χ4n) is 1.76. The minimum Gasteiger partial charge on any atom is -0.480 e. The Morgan fingerprint density at radius 2 is 2.00 bits per heavy atom. The summed E-state index contributed by atoms with van der Waals surface area (Å²) in [6.07, 6.45) is 0. The molecule has 0 atom stereocenters. The third-order valence-corrected chi connectivity index (χ3v) is 2.66. The molecular weight excluding hydrogens is 262 g/mol. The van der Waals surface area contributed by atoms with Gasteiger partial charge in [-0.15, -0.1) is 0 Å². The molecule has 0 fully saturated rings. The molecule has 0 aliphatic rings. The largest absolute Gasteiger partial charge is 0.480 e. The van der Waals surface area contributed by atoms with Gasteiger partial charge in [0.05, 0.1) is 13.2 Å². The normalized spacial score (nSPS) is 10.3. The lowest BCUT2D eigenvalue weighted by Gasteiger charge is -2.20. The minimum absolute atomic E-state index is 0.232. The van der Waals surface area contributed by atoms with E-state index >= 15 is 0 Å². The van der Waals surface area contributed by atoms with Crippen LogP contribution in [-0.2, 0) is 20.9 Å². The van der Waals surface area contributed by atoms with Gasteiger partial charge >= 0.3 is 5.97 Å². The van der Waals surface area contributed by atoms with Crippen LogP contribution in [0.15, 0.2) is 24.3 Å². The molecule has 1 aromatic rings. The summed E-state index contributed by atoms with van der Waals surface area (Å²) in [6.45, 7) is 0.571. The van der Waals surface area contributed by atoms with Gasteiger partial charge in [0.15, 0.2) is 0 Å². The van der Waals surface area contributed by atoms with Gasteiger partial charge in [-0.25, -0.2) is 0 Å². The van der Waals surface area contributed by atoms with E-state index in [2.05, 4.69) is 0 Å². The molecule has 1 aromatic carbocycles. The fourth-order valence-corrected chi connectivity index (χ4v) is 1.76. The fraction of sp³-hybridized carbons (Fsp3) is 0.429. The van der Waals surface area contributed by atoms with Crippen molar-refractivity contribution in [2.75, 3.05) is 33.9 Å². The van der Waals surface area contributed by atoms with Crippen molar-refractivity contribution in [3.63, 3.8) is 0 Å². The monoisotopic (exact) mass is 281 g/mol. The maximum absolute atomic E-state index is 12.3. The molecule has 110 valence electrons. The van der Waals surface area contributed by atoms with Gasteiger partial charge < -0.3 is 19.5 Å². The molecule has 0 unspecified atom stereocenters. The van der Waals surface area contributed by atoms with Crippen molar-refractivity contribution in [1.82, 2.24) is 4.90 Å². The van der Waals surface area contributed by atoms with Gasteiger partial charge in [0.2, 0.25) is 0 Å². The van der Waals surface area contributed by atoms with Crippen LogP contribution in [0, 0.1) is 0 Å². The first-order chi connectivity index (χ1) is 9.58. The Balaban J connectivity index is 2.86. The van der Waals surface area contributed by atoms with Gasteiger partial charge in [-0.1, -0.05) is 12.1 Å². The number of benzene rings is 1. The predicted octanol–water partition coefficient (Wildman–Crippen LogP) is 1.01. The van der Waals surface area contributed by atoms with Crippen LogP contribution < -0.4 is 0 Å². The minimum atomic E-state index is -1.05. The second-order valence-corrected chi connectivity index (χ2v) is 4.25.